The second-order valence-electron chi connectivity index (χ2n) is 7.76. The molecule has 1 saturated carbocycles. The maximum absolute atomic E-state index is 12.8. The standard InChI is InChI=1S/C17H31N3O3S/c1-3-18(2)10-14-8-9-20(11-14)24(22,23)16-12-19(13-16)17(21)15-6-4-5-7-15/h14-16H,3-13H2,1-2H3/t14-/m1/s1. The molecular weight excluding hydrogens is 326 g/mol. The molecule has 3 aliphatic rings. The molecule has 24 heavy (non-hydrogen) atoms. The Hall–Kier alpha value is -0.660. The van der Waals surface area contributed by atoms with E-state index in [2.05, 4.69) is 18.9 Å². The van der Waals surface area contributed by atoms with Crippen LogP contribution in [0.2, 0.25) is 0 Å². The summed E-state index contributed by atoms with van der Waals surface area (Å²) in [5, 5.41) is -0.384. The Bertz CT molecular complexity index is 553. The van der Waals surface area contributed by atoms with Gasteiger partial charge in [0.1, 0.15) is 5.25 Å². The second-order valence-corrected chi connectivity index (χ2v) is 9.97. The van der Waals surface area contributed by atoms with Gasteiger partial charge in [-0.3, -0.25) is 4.79 Å². The highest BCUT2D eigenvalue weighted by atomic mass is 32.2. The predicted octanol–water partition coefficient (Wildman–Crippen LogP) is 0.991. The Labute approximate surface area is 146 Å². The van der Waals surface area contributed by atoms with Gasteiger partial charge in [0.05, 0.1) is 0 Å². The topological polar surface area (TPSA) is 60.9 Å². The molecule has 0 aromatic heterocycles. The first-order chi connectivity index (χ1) is 11.4. The summed E-state index contributed by atoms with van der Waals surface area (Å²) in [5.74, 6) is 0.762. The lowest BCUT2D eigenvalue weighted by Crippen LogP contribution is -2.60. The molecule has 2 aliphatic heterocycles. The number of sulfonamides is 1. The lowest BCUT2D eigenvalue weighted by Gasteiger charge is -2.41. The smallest absolute Gasteiger partial charge is 0.225 e. The van der Waals surface area contributed by atoms with Crippen molar-refractivity contribution in [3.8, 4) is 0 Å². The van der Waals surface area contributed by atoms with Gasteiger partial charge < -0.3 is 9.80 Å². The van der Waals surface area contributed by atoms with Crippen molar-refractivity contribution in [2.45, 2.75) is 44.3 Å². The molecule has 0 unspecified atom stereocenters. The van der Waals surface area contributed by atoms with Gasteiger partial charge >= 0.3 is 0 Å². The highest BCUT2D eigenvalue weighted by Crippen LogP contribution is 2.31. The molecule has 6 nitrogen and oxygen atoms in total. The van der Waals surface area contributed by atoms with Crippen molar-refractivity contribution in [1.82, 2.24) is 14.1 Å². The van der Waals surface area contributed by atoms with E-state index in [0.717, 1.165) is 45.2 Å². The first-order valence-corrected chi connectivity index (χ1v) is 10.9. The van der Waals surface area contributed by atoms with Gasteiger partial charge in [0.2, 0.25) is 15.9 Å². The lowest BCUT2D eigenvalue weighted by molar-refractivity contribution is -0.138. The number of carbonyl (C=O) groups is 1. The highest BCUT2D eigenvalue weighted by Gasteiger charge is 2.45. The summed E-state index contributed by atoms with van der Waals surface area (Å²) in [7, 11) is -1.17. The molecule has 1 amide bonds. The first kappa shape index (κ1) is 18.1. The molecule has 0 aromatic carbocycles. The van der Waals surface area contributed by atoms with Crippen molar-refractivity contribution in [3.63, 3.8) is 0 Å². The van der Waals surface area contributed by atoms with E-state index in [9.17, 15) is 13.2 Å². The summed E-state index contributed by atoms with van der Waals surface area (Å²) in [6, 6.07) is 0. The zero-order valence-electron chi connectivity index (χ0n) is 15.0. The minimum atomic E-state index is -3.25. The van der Waals surface area contributed by atoms with Crippen LogP contribution in [0, 0.1) is 11.8 Å². The number of rotatable bonds is 6. The number of hydrogen-bond acceptors (Lipinski definition) is 4. The molecule has 3 rings (SSSR count). The number of carbonyl (C=O) groups excluding carboxylic acids is 1. The molecule has 1 aliphatic carbocycles. The normalized spacial score (nSPS) is 27.1. The molecule has 7 heteroatoms. The van der Waals surface area contributed by atoms with Gasteiger partial charge in [0.25, 0.3) is 0 Å². The number of nitrogens with zero attached hydrogens (tertiary/aromatic N) is 3. The van der Waals surface area contributed by atoms with Crippen molar-refractivity contribution in [2.24, 2.45) is 11.8 Å². The van der Waals surface area contributed by atoms with Crippen LogP contribution in [-0.4, -0.2) is 80.0 Å². The Morgan fingerprint density at radius 1 is 1.12 bits per heavy atom. The van der Waals surface area contributed by atoms with E-state index in [0.29, 0.717) is 32.1 Å². The monoisotopic (exact) mass is 357 g/mol. The fourth-order valence-corrected chi connectivity index (χ4v) is 6.13. The van der Waals surface area contributed by atoms with Gasteiger partial charge in [0.15, 0.2) is 0 Å². The van der Waals surface area contributed by atoms with E-state index in [1.165, 1.54) is 0 Å². The van der Waals surface area contributed by atoms with E-state index in [1.807, 2.05) is 0 Å². The van der Waals surface area contributed by atoms with Gasteiger partial charge in [0, 0.05) is 38.6 Å². The van der Waals surface area contributed by atoms with Gasteiger partial charge in [-0.2, -0.15) is 0 Å². The Kier molecular flexibility index (Phi) is 5.52. The Morgan fingerprint density at radius 2 is 1.79 bits per heavy atom. The second kappa shape index (κ2) is 7.30. The zero-order chi connectivity index (χ0) is 17.3. The molecule has 0 bridgehead atoms. The van der Waals surface area contributed by atoms with Crippen LogP contribution in [0.25, 0.3) is 0 Å². The molecule has 0 radical (unpaired) electrons. The molecule has 3 fully saturated rings. The Morgan fingerprint density at radius 3 is 2.42 bits per heavy atom. The summed E-state index contributed by atoms with van der Waals surface area (Å²) in [5.41, 5.74) is 0. The van der Waals surface area contributed by atoms with Crippen molar-refractivity contribution in [3.05, 3.63) is 0 Å². The predicted molar refractivity (Wildman–Crippen MR) is 94.1 cm³/mol. The molecule has 0 N–H and O–H groups in total. The maximum Gasteiger partial charge on any atom is 0.225 e. The maximum atomic E-state index is 12.8. The fraction of sp³-hybridized carbons (Fsp3) is 0.941. The summed E-state index contributed by atoms with van der Waals surface area (Å²) in [4.78, 5) is 16.3. The average Bonchev–Trinajstić information content (AvgIpc) is 3.16. The van der Waals surface area contributed by atoms with Crippen LogP contribution in [0.5, 0.6) is 0 Å². The third-order valence-electron chi connectivity index (χ3n) is 6.00. The van der Waals surface area contributed by atoms with Crippen molar-refractivity contribution in [2.75, 3.05) is 46.3 Å². The van der Waals surface area contributed by atoms with Gasteiger partial charge in [-0.05, 0) is 38.8 Å². The van der Waals surface area contributed by atoms with E-state index in [4.69, 9.17) is 0 Å². The van der Waals surface area contributed by atoms with Gasteiger partial charge in [-0.25, -0.2) is 12.7 Å². The minimum Gasteiger partial charge on any atom is -0.340 e. The van der Waals surface area contributed by atoms with Crippen LogP contribution in [-0.2, 0) is 14.8 Å². The fourth-order valence-electron chi connectivity index (χ4n) is 4.20. The summed E-state index contributed by atoms with van der Waals surface area (Å²) in [6.07, 6.45) is 5.17. The quantitative estimate of drug-likeness (QED) is 0.711. The molecule has 2 heterocycles. The first-order valence-electron chi connectivity index (χ1n) is 9.38. The molecule has 2 saturated heterocycles. The molecule has 0 aromatic rings. The Balaban J connectivity index is 1.49. The van der Waals surface area contributed by atoms with E-state index in [-0.39, 0.29) is 17.1 Å². The van der Waals surface area contributed by atoms with Crippen molar-refractivity contribution < 1.29 is 13.2 Å². The minimum absolute atomic E-state index is 0.148. The zero-order valence-corrected chi connectivity index (χ0v) is 15.8. The number of amides is 1. The highest BCUT2D eigenvalue weighted by molar-refractivity contribution is 7.89. The summed E-state index contributed by atoms with van der Waals surface area (Å²) < 4.78 is 27.2. The average molecular weight is 358 g/mol. The SMILES string of the molecule is CCN(C)C[C@H]1CCN(S(=O)(=O)C2CN(C(=O)C3CCCC3)C2)C1. The lowest BCUT2D eigenvalue weighted by atomic mass is 10.0. The van der Waals surface area contributed by atoms with Crippen LogP contribution in [0.4, 0.5) is 0 Å². The van der Waals surface area contributed by atoms with Crippen LogP contribution in [0.3, 0.4) is 0 Å². The van der Waals surface area contributed by atoms with Crippen LogP contribution in [0.1, 0.15) is 39.0 Å². The van der Waals surface area contributed by atoms with Gasteiger partial charge in [-0.15, -0.1) is 0 Å². The van der Waals surface area contributed by atoms with Crippen LogP contribution >= 0.6 is 0 Å². The largest absolute Gasteiger partial charge is 0.340 e. The van der Waals surface area contributed by atoms with Crippen molar-refractivity contribution in [1.29, 1.82) is 0 Å². The van der Waals surface area contributed by atoms with E-state index in [1.54, 1.807) is 9.21 Å². The molecular formula is C17H31N3O3S. The van der Waals surface area contributed by atoms with Crippen LogP contribution in [0.15, 0.2) is 0 Å². The van der Waals surface area contributed by atoms with Gasteiger partial charge in [-0.1, -0.05) is 19.8 Å². The van der Waals surface area contributed by atoms with E-state index >= 15 is 0 Å². The van der Waals surface area contributed by atoms with Crippen molar-refractivity contribution >= 4 is 15.9 Å². The third-order valence-corrected chi connectivity index (χ3v) is 8.20. The third kappa shape index (κ3) is 3.63. The summed E-state index contributed by atoms with van der Waals surface area (Å²) >= 11 is 0. The molecule has 1 atom stereocenters. The summed E-state index contributed by atoms with van der Waals surface area (Å²) in [6.45, 7) is 6.14. The van der Waals surface area contributed by atoms with E-state index < -0.39 is 10.0 Å². The number of hydrogen-bond donors (Lipinski definition) is 0. The number of likely N-dealkylation sites (tertiary alicyclic amines) is 1. The molecule has 0 spiro atoms. The molecule has 138 valence electrons. The van der Waals surface area contributed by atoms with Crippen LogP contribution < -0.4 is 0 Å².